The van der Waals surface area contributed by atoms with E-state index in [2.05, 4.69) is 5.32 Å². The van der Waals surface area contributed by atoms with Crippen molar-refractivity contribution in [1.29, 1.82) is 5.26 Å². The van der Waals surface area contributed by atoms with Gasteiger partial charge in [-0.2, -0.15) is 5.26 Å². The summed E-state index contributed by atoms with van der Waals surface area (Å²) < 4.78 is 5.68. The van der Waals surface area contributed by atoms with Gasteiger partial charge in [0.1, 0.15) is 22.4 Å². The molecule has 2 aromatic rings. The number of carbonyl (C=O) groups excluding carboxylic acids is 2. The molecule has 1 heterocycles. The minimum absolute atomic E-state index is 0.0727. The van der Waals surface area contributed by atoms with E-state index < -0.39 is 11.8 Å². The number of ether oxygens (including phenoxy) is 1. The first-order chi connectivity index (χ1) is 13.5. The van der Waals surface area contributed by atoms with Crippen LogP contribution in [0, 0.1) is 11.3 Å². The van der Waals surface area contributed by atoms with Gasteiger partial charge in [-0.3, -0.25) is 9.59 Å². The Balaban J connectivity index is 1.87. The first-order valence-electron chi connectivity index (χ1n) is 9.14. The predicted molar refractivity (Wildman–Crippen MR) is 109 cm³/mol. The number of nitrogens with one attached hydrogen (secondary N) is 1. The highest BCUT2D eigenvalue weighted by Gasteiger charge is 2.26. The lowest BCUT2D eigenvalue weighted by molar-refractivity contribution is -0.112. The van der Waals surface area contributed by atoms with Gasteiger partial charge in [0.2, 0.25) is 0 Å². The predicted octanol–water partition coefficient (Wildman–Crippen LogP) is 3.67. The number of benzene rings is 1. The quantitative estimate of drug-likeness (QED) is 0.551. The zero-order valence-electron chi connectivity index (χ0n) is 15.6. The number of amides is 2. The fourth-order valence-corrected chi connectivity index (χ4v) is 4.46. The van der Waals surface area contributed by atoms with Gasteiger partial charge in [0.15, 0.2) is 0 Å². The Morgan fingerprint density at radius 1 is 1.36 bits per heavy atom. The molecule has 3 N–H and O–H groups in total. The minimum Gasteiger partial charge on any atom is -0.493 e. The molecule has 144 valence electrons. The van der Waals surface area contributed by atoms with Crippen molar-refractivity contribution in [1.82, 2.24) is 0 Å². The van der Waals surface area contributed by atoms with E-state index in [4.69, 9.17) is 10.5 Å². The third-order valence-electron chi connectivity index (χ3n) is 4.44. The normalized spacial score (nSPS) is 12.9. The average molecular weight is 395 g/mol. The number of para-hydroxylation sites is 1. The molecule has 1 aromatic heterocycles. The summed E-state index contributed by atoms with van der Waals surface area (Å²) in [5, 5.41) is 12.6. The number of carbonyl (C=O) groups is 2. The van der Waals surface area contributed by atoms with Crippen LogP contribution in [0.1, 0.15) is 46.1 Å². The zero-order chi connectivity index (χ0) is 20.1. The summed E-state index contributed by atoms with van der Waals surface area (Å²) in [5.74, 6) is -0.524. The van der Waals surface area contributed by atoms with Crippen molar-refractivity contribution in [2.24, 2.45) is 5.73 Å². The van der Waals surface area contributed by atoms with Gasteiger partial charge in [0, 0.05) is 10.4 Å². The lowest BCUT2D eigenvalue weighted by Gasteiger charge is -2.09. The van der Waals surface area contributed by atoms with E-state index in [9.17, 15) is 14.9 Å². The second kappa shape index (κ2) is 8.72. The second-order valence-electron chi connectivity index (χ2n) is 6.44. The van der Waals surface area contributed by atoms with Gasteiger partial charge in [-0.05, 0) is 43.4 Å². The van der Waals surface area contributed by atoms with E-state index in [1.807, 2.05) is 25.1 Å². The monoisotopic (exact) mass is 395 g/mol. The molecule has 1 aliphatic carbocycles. The third-order valence-corrected chi connectivity index (χ3v) is 5.65. The molecule has 2 amide bonds. The fraction of sp³-hybridized carbons (Fsp3) is 0.286. The number of anilines is 1. The summed E-state index contributed by atoms with van der Waals surface area (Å²) >= 11 is 1.36. The van der Waals surface area contributed by atoms with Crippen LogP contribution in [0.5, 0.6) is 5.75 Å². The summed E-state index contributed by atoms with van der Waals surface area (Å²) in [6, 6.07) is 9.16. The molecule has 0 radical (unpaired) electrons. The number of hydrogen-bond donors (Lipinski definition) is 2. The van der Waals surface area contributed by atoms with Gasteiger partial charge < -0.3 is 15.8 Å². The molecular weight excluding hydrogens is 374 g/mol. The number of primary amides is 1. The van der Waals surface area contributed by atoms with Gasteiger partial charge >= 0.3 is 0 Å². The molecule has 0 aliphatic heterocycles. The van der Waals surface area contributed by atoms with Crippen molar-refractivity contribution in [3.63, 3.8) is 0 Å². The fourth-order valence-electron chi connectivity index (χ4n) is 3.17. The summed E-state index contributed by atoms with van der Waals surface area (Å²) in [4.78, 5) is 25.6. The first-order valence-corrected chi connectivity index (χ1v) is 9.96. The van der Waals surface area contributed by atoms with Crippen LogP contribution >= 0.6 is 11.3 Å². The molecule has 0 saturated heterocycles. The molecule has 0 unspecified atom stereocenters. The molecular formula is C21H21N3O3S. The SMILES string of the molecule is CCCOc1ccccc1/C=C(\C#N)C(=O)Nc1sc2c(c1C(N)=O)CCC2. The maximum atomic E-state index is 12.7. The van der Waals surface area contributed by atoms with Crippen molar-refractivity contribution in [2.45, 2.75) is 32.6 Å². The van der Waals surface area contributed by atoms with Crippen molar-refractivity contribution in [3.05, 3.63) is 51.4 Å². The number of aryl methyl sites for hydroxylation is 1. The van der Waals surface area contributed by atoms with Crippen molar-refractivity contribution >= 4 is 34.2 Å². The Morgan fingerprint density at radius 3 is 2.86 bits per heavy atom. The second-order valence-corrected chi connectivity index (χ2v) is 7.54. The van der Waals surface area contributed by atoms with Crippen LogP contribution in [0.2, 0.25) is 0 Å². The molecule has 6 nitrogen and oxygen atoms in total. The Kier molecular flexibility index (Phi) is 6.12. The van der Waals surface area contributed by atoms with E-state index in [-0.39, 0.29) is 5.57 Å². The topological polar surface area (TPSA) is 105 Å². The van der Waals surface area contributed by atoms with Crippen LogP contribution in [0.3, 0.4) is 0 Å². The summed E-state index contributed by atoms with van der Waals surface area (Å²) in [6.07, 6.45) is 4.98. The van der Waals surface area contributed by atoms with E-state index in [1.54, 1.807) is 12.1 Å². The molecule has 0 saturated carbocycles. The Labute approximate surface area is 167 Å². The van der Waals surface area contributed by atoms with Gasteiger partial charge in [-0.25, -0.2) is 0 Å². The highest BCUT2D eigenvalue weighted by atomic mass is 32.1. The molecule has 1 aliphatic rings. The van der Waals surface area contributed by atoms with Crippen LogP contribution in [0.15, 0.2) is 29.8 Å². The van der Waals surface area contributed by atoms with Gasteiger partial charge in [-0.1, -0.05) is 25.1 Å². The van der Waals surface area contributed by atoms with Crippen LogP contribution in [-0.2, 0) is 17.6 Å². The molecule has 3 rings (SSSR count). The zero-order valence-corrected chi connectivity index (χ0v) is 16.4. The molecule has 28 heavy (non-hydrogen) atoms. The maximum Gasteiger partial charge on any atom is 0.266 e. The Morgan fingerprint density at radius 2 is 2.14 bits per heavy atom. The standard InChI is InChI=1S/C21H21N3O3S/c1-2-10-27-16-8-4-3-6-13(16)11-14(12-22)20(26)24-21-18(19(23)25)15-7-5-9-17(15)28-21/h3-4,6,8,11H,2,5,7,9-10H2,1H3,(H2,23,25)(H,24,26)/b14-11+. The number of nitrogens with zero attached hydrogens (tertiary/aromatic N) is 1. The summed E-state index contributed by atoms with van der Waals surface area (Å²) in [7, 11) is 0. The largest absolute Gasteiger partial charge is 0.493 e. The highest BCUT2D eigenvalue weighted by molar-refractivity contribution is 7.17. The van der Waals surface area contributed by atoms with Gasteiger partial charge in [0.05, 0.1) is 12.2 Å². The minimum atomic E-state index is -0.574. The van der Waals surface area contributed by atoms with Crippen molar-refractivity contribution < 1.29 is 14.3 Å². The number of hydrogen-bond acceptors (Lipinski definition) is 5. The van der Waals surface area contributed by atoms with Gasteiger partial charge in [0.25, 0.3) is 11.8 Å². The average Bonchev–Trinajstić information content (AvgIpc) is 3.25. The van der Waals surface area contributed by atoms with E-state index in [0.717, 1.165) is 36.1 Å². The Bertz CT molecular complexity index is 985. The van der Waals surface area contributed by atoms with Crippen LogP contribution < -0.4 is 15.8 Å². The third kappa shape index (κ3) is 4.07. The molecule has 0 atom stereocenters. The molecule has 1 aromatic carbocycles. The molecule has 7 heteroatoms. The molecule has 0 fully saturated rings. The van der Waals surface area contributed by atoms with Crippen LogP contribution in [0.25, 0.3) is 6.08 Å². The number of rotatable bonds is 7. The smallest absolute Gasteiger partial charge is 0.266 e. The van der Waals surface area contributed by atoms with E-state index in [0.29, 0.717) is 28.5 Å². The van der Waals surface area contributed by atoms with Crippen molar-refractivity contribution in [2.75, 3.05) is 11.9 Å². The summed E-state index contributed by atoms with van der Waals surface area (Å²) in [5.41, 5.74) is 7.39. The van der Waals surface area contributed by atoms with E-state index >= 15 is 0 Å². The molecule has 0 bridgehead atoms. The number of nitrogens with two attached hydrogens (primary N) is 1. The Hall–Kier alpha value is -3.11. The van der Waals surface area contributed by atoms with Crippen molar-refractivity contribution in [3.8, 4) is 11.8 Å². The van der Waals surface area contributed by atoms with Crippen LogP contribution in [0.4, 0.5) is 5.00 Å². The lowest BCUT2D eigenvalue weighted by Crippen LogP contribution is -2.18. The first kappa shape index (κ1) is 19.6. The van der Waals surface area contributed by atoms with Gasteiger partial charge in [-0.15, -0.1) is 11.3 Å². The van der Waals surface area contributed by atoms with E-state index in [1.165, 1.54) is 17.4 Å². The summed E-state index contributed by atoms with van der Waals surface area (Å²) in [6.45, 7) is 2.54. The number of fused-ring (bicyclic) bond motifs is 1. The van der Waals surface area contributed by atoms with Crippen LogP contribution in [-0.4, -0.2) is 18.4 Å². The number of nitriles is 1. The lowest BCUT2D eigenvalue weighted by atomic mass is 10.1. The highest BCUT2D eigenvalue weighted by Crippen LogP contribution is 2.39. The molecule has 0 spiro atoms. The maximum absolute atomic E-state index is 12.7. The number of thiophene rings is 1.